The van der Waals surface area contributed by atoms with Crippen molar-refractivity contribution in [1.82, 2.24) is 10.3 Å². The predicted octanol–water partition coefficient (Wildman–Crippen LogP) is 2.46. The van der Waals surface area contributed by atoms with Crippen molar-refractivity contribution in [3.8, 4) is 0 Å². The first kappa shape index (κ1) is 15.7. The molecule has 3 N–H and O–H groups in total. The lowest BCUT2D eigenvalue weighted by atomic mass is 9.98. The monoisotopic (exact) mass is 313 g/mol. The summed E-state index contributed by atoms with van der Waals surface area (Å²) in [4.78, 5) is 16.4. The van der Waals surface area contributed by atoms with Crippen molar-refractivity contribution in [2.24, 2.45) is 0 Å². The highest BCUT2D eigenvalue weighted by Crippen LogP contribution is 2.32. The van der Waals surface area contributed by atoms with Crippen LogP contribution in [-0.2, 0) is 4.79 Å². The normalized spacial score (nSPS) is 16.4. The number of carbonyl (C=O) groups excluding carboxylic acids is 1. The smallest absolute Gasteiger partial charge is 0.222 e. The molecule has 3 rings (SSSR count). The van der Waals surface area contributed by atoms with Crippen LogP contribution in [0.4, 0.5) is 5.82 Å². The van der Waals surface area contributed by atoms with E-state index in [1.54, 1.807) is 0 Å². The number of pyridine rings is 1. The maximum absolute atomic E-state index is 11.9. The second kappa shape index (κ2) is 6.96. The molecule has 1 aliphatic carbocycles. The third-order valence-corrected chi connectivity index (χ3v) is 4.38. The highest BCUT2D eigenvalue weighted by atomic mass is 16.3. The Morgan fingerprint density at radius 1 is 1.13 bits per heavy atom. The second-order valence-electron chi connectivity index (χ2n) is 6.27. The number of rotatable bonds is 6. The fourth-order valence-corrected chi connectivity index (χ4v) is 3.13. The summed E-state index contributed by atoms with van der Waals surface area (Å²) in [7, 11) is 0. The molecule has 0 radical (unpaired) electrons. The summed E-state index contributed by atoms with van der Waals surface area (Å²) >= 11 is 0. The molecule has 0 unspecified atom stereocenters. The number of anilines is 1. The fourth-order valence-electron chi connectivity index (χ4n) is 3.13. The Bertz CT molecular complexity index is 681. The molecule has 1 saturated carbocycles. The number of benzene rings is 1. The summed E-state index contributed by atoms with van der Waals surface area (Å²) in [6, 6.07) is 11.9. The van der Waals surface area contributed by atoms with E-state index in [-0.39, 0.29) is 12.3 Å². The van der Waals surface area contributed by atoms with Crippen molar-refractivity contribution in [1.29, 1.82) is 0 Å². The van der Waals surface area contributed by atoms with Crippen molar-refractivity contribution < 1.29 is 9.90 Å². The van der Waals surface area contributed by atoms with E-state index in [9.17, 15) is 9.90 Å². The van der Waals surface area contributed by atoms with Crippen molar-refractivity contribution in [2.75, 3.05) is 18.4 Å². The summed E-state index contributed by atoms with van der Waals surface area (Å²) in [5.74, 6) is 0.718. The predicted molar refractivity (Wildman–Crippen MR) is 91.3 cm³/mol. The van der Waals surface area contributed by atoms with Crippen LogP contribution in [-0.4, -0.2) is 34.7 Å². The number of aliphatic hydroxyl groups is 1. The quantitative estimate of drug-likeness (QED) is 0.716. The molecule has 0 bridgehead atoms. The summed E-state index contributed by atoms with van der Waals surface area (Å²) in [6.45, 7) is 1.12. The molecular formula is C18H23N3O2. The minimum Gasteiger partial charge on any atom is -0.389 e. The van der Waals surface area contributed by atoms with Gasteiger partial charge in [0.2, 0.25) is 5.91 Å². The van der Waals surface area contributed by atoms with E-state index in [0.29, 0.717) is 13.1 Å². The Morgan fingerprint density at radius 2 is 1.91 bits per heavy atom. The minimum atomic E-state index is -0.780. The second-order valence-corrected chi connectivity index (χ2v) is 6.27. The van der Waals surface area contributed by atoms with Gasteiger partial charge in [0.15, 0.2) is 0 Å². The molecule has 0 aliphatic heterocycles. The Balaban J connectivity index is 1.42. The largest absolute Gasteiger partial charge is 0.389 e. The number of nitrogens with one attached hydrogen (secondary N) is 2. The van der Waals surface area contributed by atoms with E-state index in [1.807, 2.05) is 36.4 Å². The maximum Gasteiger partial charge on any atom is 0.222 e. The van der Waals surface area contributed by atoms with Crippen molar-refractivity contribution in [3.63, 3.8) is 0 Å². The molecule has 1 amide bonds. The SMILES string of the molecule is O=C(CC1(O)CCCC1)NCCNc1ccc2ccccc2n1. The zero-order chi connectivity index (χ0) is 16.1. The van der Waals surface area contributed by atoms with Gasteiger partial charge in [-0.2, -0.15) is 0 Å². The molecule has 2 aromatic rings. The lowest BCUT2D eigenvalue weighted by Crippen LogP contribution is -2.36. The van der Waals surface area contributed by atoms with E-state index in [0.717, 1.165) is 42.4 Å². The Morgan fingerprint density at radius 3 is 2.74 bits per heavy atom. The molecule has 1 heterocycles. The molecule has 5 nitrogen and oxygen atoms in total. The number of hydrogen-bond donors (Lipinski definition) is 3. The van der Waals surface area contributed by atoms with Crippen LogP contribution in [0.5, 0.6) is 0 Å². The van der Waals surface area contributed by atoms with Gasteiger partial charge in [-0.25, -0.2) is 4.98 Å². The van der Waals surface area contributed by atoms with Crippen LogP contribution in [0.25, 0.3) is 10.9 Å². The first-order chi connectivity index (χ1) is 11.1. The minimum absolute atomic E-state index is 0.0809. The van der Waals surface area contributed by atoms with Crippen LogP contribution < -0.4 is 10.6 Å². The molecule has 23 heavy (non-hydrogen) atoms. The number of nitrogens with zero attached hydrogens (tertiary/aromatic N) is 1. The summed E-state index contributed by atoms with van der Waals surface area (Å²) in [5.41, 5.74) is 0.169. The number of fused-ring (bicyclic) bond motifs is 1. The standard InChI is InChI=1S/C18H23N3O2/c22-17(13-18(23)9-3-4-10-18)20-12-11-19-16-8-7-14-5-1-2-6-15(14)21-16/h1-2,5-8,23H,3-4,9-13H2,(H,19,21)(H,20,22). The van der Waals surface area contributed by atoms with E-state index in [1.165, 1.54) is 0 Å². The van der Waals surface area contributed by atoms with Crippen molar-refractivity contribution >= 4 is 22.6 Å². The molecule has 1 aliphatic rings. The van der Waals surface area contributed by atoms with Gasteiger partial charge in [-0.3, -0.25) is 4.79 Å². The van der Waals surface area contributed by atoms with Gasteiger partial charge in [-0.05, 0) is 31.0 Å². The van der Waals surface area contributed by atoms with E-state index in [4.69, 9.17) is 0 Å². The molecule has 122 valence electrons. The fraction of sp³-hybridized carbons (Fsp3) is 0.444. The maximum atomic E-state index is 11.9. The van der Waals surface area contributed by atoms with Gasteiger partial charge in [0.05, 0.1) is 17.5 Å². The molecule has 5 heteroatoms. The zero-order valence-electron chi connectivity index (χ0n) is 13.2. The average Bonchev–Trinajstić information content (AvgIpc) is 2.97. The molecule has 0 atom stereocenters. The molecule has 0 spiro atoms. The highest BCUT2D eigenvalue weighted by Gasteiger charge is 2.33. The van der Waals surface area contributed by atoms with E-state index < -0.39 is 5.60 Å². The van der Waals surface area contributed by atoms with Crippen LogP contribution in [0.15, 0.2) is 36.4 Å². The third kappa shape index (κ3) is 4.20. The number of carbonyl (C=O) groups is 1. The van der Waals surface area contributed by atoms with Crippen LogP contribution in [0.2, 0.25) is 0 Å². The van der Waals surface area contributed by atoms with Crippen LogP contribution in [0.1, 0.15) is 32.1 Å². The highest BCUT2D eigenvalue weighted by molar-refractivity contribution is 5.80. The number of aromatic nitrogens is 1. The Kier molecular flexibility index (Phi) is 4.76. The Labute approximate surface area is 136 Å². The summed E-state index contributed by atoms with van der Waals surface area (Å²) in [5, 5.41) is 17.4. The Hall–Kier alpha value is -2.14. The van der Waals surface area contributed by atoms with Gasteiger partial charge >= 0.3 is 0 Å². The van der Waals surface area contributed by atoms with E-state index in [2.05, 4.69) is 15.6 Å². The van der Waals surface area contributed by atoms with Crippen LogP contribution in [0, 0.1) is 0 Å². The molecule has 1 aromatic heterocycles. The number of para-hydroxylation sites is 1. The van der Waals surface area contributed by atoms with Gasteiger partial charge in [-0.15, -0.1) is 0 Å². The lowest BCUT2D eigenvalue weighted by Gasteiger charge is -2.21. The van der Waals surface area contributed by atoms with Crippen LogP contribution in [0.3, 0.4) is 0 Å². The van der Waals surface area contributed by atoms with Gasteiger partial charge in [0.25, 0.3) is 0 Å². The topological polar surface area (TPSA) is 74.2 Å². The average molecular weight is 313 g/mol. The molecular weight excluding hydrogens is 290 g/mol. The molecule has 1 aromatic carbocycles. The number of hydrogen-bond acceptors (Lipinski definition) is 4. The van der Waals surface area contributed by atoms with Gasteiger partial charge in [0.1, 0.15) is 5.82 Å². The zero-order valence-corrected chi connectivity index (χ0v) is 13.2. The number of amides is 1. The van der Waals surface area contributed by atoms with Crippen molar-refractivity contribution in [3.05, 3.63) is 36.4 Å². The van der Waals surface area contributed by atoms with E-state index >= 15 is 0 Å². The lowest BCUT2D eigenvalue weighted by molar-refractivity contribution is -0.125. The van der Waals surface area contributed by atoms with Gasteiger partial charge in [-0.1, -0.05) is 31.0 Å². The molecule has 0 saturated heterocycles. The van der Waals surface area contributed by atoms with Crippen molar-refractivity contribution in [2.45, 2.75) is 37.7 Å². The third-order valence-electron chi connectivity index (χ3n) is 4.38. The summed E-state index contributed by atoms with van der Waals surface area (Å²) in [6.07, 6.45) is 3.71. The van der Waals surface area contributed by atoms with Gasteiger partial charge < -0.3 is 15.7 Å². The first-order valence-electron chi connectivity index (χ1n) is 8.23. The first-order valence-corrected chi connectivity index (χ1v) is 8.23. The van der Waals surface area contributed by atoms with Crippen LogP contribution >= 0.6 is 0 Å². The van der Waals surface area contributed by atoms with Gasteiger partial charge in [0, 0.05) is 18.5 Å². The summed E-state index contributed by atoms with van der Waals surface area (Å²) < 4.78 is 0. The molecule has 1 fully saturated rings.